The van der Waals surface area contributed by atoms with E-state index in [1.54, 1.807) is 0 Å². The fourth-order valence-corrected chi connectivity index (χ4v) is 10.1. The second-order valence-corrected chi connectivity index (χ2v) is 15.9. The van der Waals surface area contributed by atoms with Crippen molar-refractivity contribution in [1.82, 2.24) is 0 Å². The molecule has 0 saturated carbocycles. The van der Waals surface area contributed by atoms with Gasteiger partial charge in [-0.2, -0.15) is 0 Å². The molecule has 54 heavy (non-hydrogen) atoms. The van der Waals surface area contributed by atoms with Crippen molar-refractivity contribution in [3.05, 3.63) is 187 Å². The van der Waals surface area contributed by atoms with Gasteiger partial charge in [0.25, 0.3) is 0 Å². The molecule has 2 heterocycles. The summed E-state index contributed by atoms with van der Waals surface area (Å²) < 4.78 is 9.43. The summed E-state index contributed by atoms with van der Waals surface area (Å²) in [5, 5.41) is 4.85. The first-order valence-electron chi connectivity index (χ1n) is 18.6. The number of rotatable bonds is 5. The topological polar surface area (TPSA) is 16.4 Å². The van der Waals surface area contributed by atoms with Crippen LogP contribution in [0.1, 0.15) is 25.0 Å². The van der Waals surface area contributed by atoms with Crippen LogP contribution in [0.3, 0.4) is 0 Å². The molecule has 0 spiro atoms. The monoisotopic (exact) mass is 709 g/mol. The number of fused-ring (bicyclic) bond motifs is 9. The number of benzene rings is 8. The molecule has 0 unspecified atom stereocenters. The first-order valence-corrected chi connectivity index (χ1v) is 19.4. The first-order chi connectivity index (χ1) is 26.6. The molecule has 0 radical (unpaired) electrons. The average Bonchev–Trinajstić information content (AvgIpc) is 3.87. The highest BCUT2D eigenvalue weighted by atomic mass is 32.1. The summed E-state index contributed by atoms with van der Waals surface area (Å²) in [5.41, 5.74) is 14.9. The zero-order valence-corrected chi connectivity index (χ0v) is 30.8. The second-order valence-electron chi connectivity index (χ2n) is 14.8. The molecule has 2 aromatic heterocycles. The summed E-state index contributed by atoms with van der Waals surface area (Å²) in [4.78, 5) is 2.47. The van der Waals surface area contributed by atoms with Gasteiger partial charge >= 0.3 is 0 Å². The number of thiophene rings is 1. The number of para-hydroxylation sites is 1. The predicted octanol–water partition coefficient (Wildman–Crippen LogP) is 15.1. The summed E-state index contributed by atoms with van der Waals surface area (Å²) in [6.45, 7) is 4.71. The van der Waals surface area contributed by atoms with E-state index in [0.29, 0.717) is 0 Å². The lowest BCUT2D eigenvalue weighted by Gasteiger charge is -2.30. The van der Waals surface area contributed by atoms with E-state index in [0.717, 1.165) is 50.1 Å². The van der Waals surface area contributed by atoms with Crippen molar-refractivity contribution in [2.45, 2.75) is 19.3 Å². The van der Waals surface area contributed by atoms with Crippen LogP contribution in [0.4, 0.5) is 17.1 Å². The van der Waals surface area contributed by atoms with Crippen LogP contribution in [0.25, 0.3) is 75.5 Å². The van der Waals surface area contributed by atoms with E-state index in [4.69, 9.17) is 4.42 Å². The second kappa shape index (κ2) is 11.8. The lowest BCUT2D eigenvalue weighted by Crippen LogP contribution is -2.16. The Balaban J connectivity index is 1.18. The van der Waals surface area contributed by atoms with E-state index in [1.165, 1.54) is 53.6 Å². The average molecular weight is 710 g/mol. The number of hydrogen-bond acceptors (Lipinski definition) is 3. The molecule has 11 rings (SSSR count). The minimum atomic E-state index is -0.131. The quantitative estimate of drug-likeness (QED) is 0.177. The smallest absolute Gasteiger partial charge is 0.145 e. The summed E-state index contributed by atoms with van der Waals surface area (Å²) in [6.07, 6.45) is 0. The molecule has 0 saturated heterocycles. The van der Waals surface area contributed by atoms with E-state index in [-0.39, 0.29) is 5.41 Å². The highest BCUT2D eigenvalue weighted by molar-refractivity contribution is 7.25. The summed E-state index contributed by atoms with van der Waals surface area (Å²) in [5.74, 6) is 0. The van der Waals surface area contributed by atoms with Gasteiger partial charge in [-0.05, 0) is 81.9 Å². The van der Waals surface area contributed by atoms with Gasteiger partial charge in [0.2, 0.25) is 0 Å². The lowest BCUT2D eigenvalue weighted by molar-refractivity contribution is 0.660. The summed E-state index contributed by atoms with van der Waals surface area (Å²) in [6, 6.07) is 64.0. The molecule has 0 atom stereocenters. The molecule has 0 fully saturated rings. The molecule has 0 bridgehead atoms. The van der Waals surface area contributed by atoms with Crippen molar-refractivity contribution in [2.75, 3.05) is 4.90 Å². The molecule has 0 aliphatic heterocycles. The van der Waals surface area contributed by atoms with Gasteiger partial charge in [-0.1, -0.05) is 141 Å². The van der Waals surface area contributed by atoms with E-state index in [1.807, 2.05) is 11.3 Å². The Kier molecular flexibility index (Phi) is 6.80. The van der Waals surface area contributed by atoms with Crippen molar-refractivity contribution >= 4 is 70.5 Å². The Morgan fingerprint density at radius 2 is 1.13 bits per heavy atom. The number of anilines is 3. The Morgan fingerprint density at radius 1 is 0.463 bits per heavy atom. The van der Waals surface area contributed by atoms with Crippen LogP contribution in [0.15, 0.2) is 180 Å². The van der Waals surface area contributed by atoms with Crippen molar-refractivity contribution in [2.24, 2.45) is 0 Å². The molecule has 0 N–H and O–H groups in total. The van der Waals surface area contributed by atoms with Crippen molar-refractivity contribution in [3.8, 4) is 33.4 Å². The van der Waals surface area contributed by atoms with Crippen LogP contribution in [-0.4, -0.2) is 0 Å². The van der Waals surface area contributed by atoms with Gasteiger partial charge in [0.05, 0.1) is 16.8 Å². The van der Waals surface area contributed by atoms with Gasteiger partial charge in [-0.25, -0.2) is 0 Å². The van der Waals surface area contributed by atoms with Gasteiger partial charge in [-0.15, -0.1) is 11.3 Å². The van der Waals surface area contributed by atoms with Crippen LogP contribution in [0.5, 0.6) is 0 Å². The summed E-state index contributed by atoms with van der Waals surface area (Å²) >= 11 is 1.86. The fourth-order valence-electron chi connectivity index (χ4n) is 8.98. The SMILES string of the molecule is CC1(C)c2ccccc2-c2c(N(c3ccc(-c4cccc5sc6ccccc6c45)cc3)c3ccc(-c4ccccc4)c4oc5ccccc5c34)cccc21. The largest absolute Gasteiger partial charge is 0.455 e. The predicted molar refractivity (Wildman–Crippen MR) is 230 cm³/mol. The summed E-state index contributed by atoms with van der Waals surface area (Å²) in [7, 11) is 0. The Bertz CT molecular complexity index is 3080. The van der Waals surface area contributed by atoms with Gasteiger partial charge in [0, 0.05) is 47.8 Å². The molecule has 1 aliphatic carbocycles. The Labute approximate surface area is 318 Å². The standard InChI is InChI=1S/C51H35NOS/c1-51(2)40-20-9-6-16-37(40)48-41(51)21-13-22-42(48)52(34-28-26-33(27-29-34)35-19-12-25-46-47(35)39-18-8-11-24-45(39)54-46)43-31-30-36(32-14-4-3-5-15-32)50-49(43)38-17-7-10-23-44(38)53-50/h3-31H,1-2H3. The molecular weight excluding hydrogens is 675 g/mol. The fraction of sp³-hybridized carbons (Fsp3) is 0.0588. The van der Waals surface area contributed by atoms with E-state index in [2.05, 4.69) is 195 Å². The maximum Gasteiger partial charge on any atom is 0.145 e. The molecular formula is C51H35NOS. The zero-order valence-electron chi connectivity index (χ0n) is 30.0. The van der Waals surface area contributed by atoms with Crippen LogP contribution in [0.2, 0.25) is 0 Å². The van der Waals surface area contributed by atoms with E-state index < -0.39 is 0 Å². The molecule has 10 aromatic rings. The third-order valence-electron chi connectivity index (χ3n) is 11.5. The number of nitrogens with zero attached hydrogens (tertiary/aromatic N) is 1. The van der Waals surface area contributed by atoms with Crippen molar-refractivity contribution in [3.63, 3.8) is 0 Å². The zero-order chi connectivity index (χ0) is 36.0. The minimum absolute atomic E-state index is 0.131. The van der Waals surface area contributed by atoms with Gasteiger partial charge in [-0.3, -0.25) is 0 Å². The molecule has 8 aromatic carbocycles. The highest BCUT2D eigenvalue weighted by Crippen LogP contribution is 2.55. The normalized spacial score (nSPS) is 13.1. The highest BCUT2D eigenvalue weighted by Gasteiger charge is 2.38. The molecule has 3 heteroatoms. The molecule has 0 amide bonds. The van der Waals surface area contributed by atoms with Crippen LogP contribution < -0.4 is 4.90 Å². The van der Waals surface area contributed by atoms with Crippen molar-refractivity contribution in [1.29, 1.82) is 0 Å². The van der Waals surface area contributed by atoms with Crippen LogP contribution in [-0.2, 0) is 5.41 Å². The molecule has 1 aliphatic rings. The third kappa shape index (κ3) is 4.52. The van der Waals surface area contributed by atoms with E-state index in [9.17, 15) is 0 Å². The van der Waals surface area contributed by atoms with Crippen LogP contribution in [0, 0.1) is 0 Å². The van der Waals surface area contributed by atoms with Gasteiger partial charge in [0.15, 0.2) is 0 Å². The van der Waals surface area contributed by atoms with Gasteiger partial charge in [0.1, 0.15) is 11.2 Å². The molecule has 2 nitrogen and oxygen atoms in total. The van der Waals surface area contributed by atoms with Gasteiger partial charge < -0.3 is 9.32 Å². The Hall–Kier alpha value is -6.42. The maximum atomic E-state index is 6.80. The third-order valence-corrected chi connectivity index (χ3v) is 12.6. The maximum absolute atomic E-state index is 6.80. The number of furan rings is 1. The van der Waals surface area contributed by atoms with E-state index >= 15 is 0 Å². The first kappa shape index (κ1) is 31.1. The van der Waals surface area contributed by atoms with Crippen molar-refractivity contribution < 1.29 is 4.42 Å². The molecule has 256 valence electrons. The number of hydrogen-bond donors (Lipinski definition) is 0. The Morgan fingerprint density at radius 3 is 2.00 bits per heavy atom. The minimum Gasteiger partial charge on any atom is -0.455 e. The van der Waals surface area contributed by atoms with Crippen LogP contribution >= 0.6 is 11.3 Å². The lowest BCUT2D eigenvalue weighted by atomic mass is 9.82.